The number of hydrogen-bond acceptors (Lipinski definition) is 5. The van der Waals surface area contributed by atoms with Gasteiger partial charge in [0.1, 0.15) is 5.69 Å². The lowest BCUT2D eigenvalue weighted by Crippen LogP contribution is -2.13. The normalized spacial score (nSPS) is 11.2. The number of aryl methyl sites for hydroxylation is 1. The minimum Gasteiger partial charge on any atom is -0.454 e. The number of para-hydroxylation sites is 1. The number of nitrogens with zero attached hydrogens (tertiary/aromatic N) is 3. The lowest BCUT2D eigenvalue weighted by atomic mass is 10.1. The van der Waals surface area contributed by atoms with E-state index in [-0.39, 0.29) is 12.4 Å². The highest BCUT2D eigenvalue weighted by molar-refractivity contribution is 7.13. The van der Waals surface area contributed by atoms with Gasteiger partial charge in [0.25, 0.3) is 0 Å². The molecular weight excluding hydrogens is 422 g/mol. The van der Waals surface area contributed by atoms with Gasteiger partial charge in [-0.25, -0.2) is 9.48 Å². The fourth-order valence-electron chi connectivity index (χ4n) is 3.39. The zero-order valence-corrected chi connectivity index (χ0v) is 18.9. The monoisotopic (exact) mass is 445 g/mol. The zero-order valence-electron chi connectivity index (χ0n) is 18.1. The van der Waals surface area contributed by atoms with Gasteiger partial charge in [-0.05, 0) is 49.6 Å². The molecule has 0 saturated carbocycles. The Bertz CT molecular complexity index is 1280. The molecule has 3 aromatic heterocycles. The van der Waals surface area contributed by atoms with Crippen molar-refractivity contribution in [2.45, 2.75) is 13.8 Å². The summed E-state index contributed by atoms with van der Waals surface area (Å²) in [5.41, 5.74) is 4.90. The Morgan fingerprint density at radius 2 is 1.91 bits per heavy atom. The van der Waals surface area contributed by atoms with Gasteiger partial charge in [0.05, 0.1) is 10.6 Å². The van der Waals surface area contributed by atoms with Crippen molar-refractivity contribution in [1.82, 2.24) is 14.3 Å². The maximum absolute atomic E-state index is 12.5. The van der Waals surface area contributed by atoms with Gasteiger partial charge in [0.15, 0.2) is 6.61 Å². The van der Waals surface area contributed by atoms with Crippen molar-refractivity contribution >= 4 is 29.2 Å². The number of aromatic nitrogens is 3. The topological polar surface area (TPSA) is 66.1 Å². The summed E-state index contributed by atoms with van der Waals surface area (Å²) in [6, 6.07) is 15.5. The van der Waals surface area contributed by atoms with Gasteiger partial charge in [0, 0.05) is 41.8 Å². The number of ether oxygens (including phenoxy) is 1. The second-order valence-electron chi connectivity index (χ2n) is 7.40. The minimum absolute atomic E-state index is 0.218. The maximum atomic E-state index is 12.5. The first-order valence-corrected chi connectivity index (χ1v) is 11.0. The zero-order chi connectivity index (χ0) is 22.7. The number of esters is 1. The smallest absolute Gasteiger partial charge is 0.331 e. The summed E-state index contributed by atoms with van der Waals surface area (Å²) in [5.74, 6) is -0.794. The van der Waals surface area contributed by atoms with Crippen LogP contribution in [0.1, 0.15) is 27.3 Å². The molecule has 4 rings (SSSR count). The SMILES string of the molecule is Cc1cc(C(=O)COC(=O)C=Cc2cn(-c3ccccc3)nc2-c2cccs2)c(C)n1C. The van der Waals surface area contributed by atoms with Gasteiger partial charge >= 0.3 is 5.97 Å². The number of benzene rings is 1. The Balaban J connectivity index is 1.49. The van der Waals surface area contributed by atoms with Crippen molar-refractivity contribution in [3.63, 3.8) is 0 Å². The molecule has 0 spiro atoms. The standard InChI is InChI=1S/C25H23N3O3S/c1-17-14-21(18(2)27(17)3)22(29)16-31-24(30)12-11-19-15-28(20-8-5-4-6-9-20)26-25(19)23-10-7-13-32-23/h4-15H,16H2,1-3H3. The van der Waals surface area contributed by atoms with Crippen LogP contribution >= 0.6 is 11.3 Å². The van der Waals surface area contributed by atoms with E-state index in [0.717, 1.165) is 33.2 Å². The number of hydrogen-bond donors (Lipinski definition) is 0. The largest absolute Gasteiger partial charge is 0.454 e. The van der Waals surface area contributed by atoms with Crippen LogP contribution < -0.4 is 0 Å². The Hall–Kier alpha value is -3.71. The lowest BCUT2D eigenvalue weighted by Gasteiger charge is -2.03. The molecule has 0 radical (unpaired) electrons. The summed E-state index contributed by atoms with van der Waals surface area (Å²) >= 11 is 1.58. The molecule has 32 heavy (non-hydrogen) atoms. The quantitative estimate of drug-likeness (QED) is 0.228. The number of ketones is 1. The van der Waals surface area contributed by atoms with E-state index in [1.807, 2.05) is 85.6 Å². The lowest BCUT2D eigenvalue weighted by molar-refractivity contribution is -0.136. The van der Waals surface area contributed by atoms with Gasteiger partial charge in [-0.15, -0.1) is 11.3 Å². The fraction of sp³-hybridized carbons (Fsp3) is 0.160. The van der Waals surface area contributed by atoms with Crippen molar-refractivity contribution in [3.05, 3.63) is 88.7 Å². The van der Waals surface area contributed by atoms with E-state index in [1.54, 1.807) is 22.1 Å². The molecule has 0 aliphatic rings. The van der Waals surface area contributed by atoms with Crippen molar-refractivity contribution in [3.8, 4) is 16.3 Å². The van der Waals surface area contributed by atoms with Crippen molar-refractivity contribution in [2.24, 2.45) is 7.05 Å². The van der Waals surface area contributed by atoms with E-state index in [4.69, 9.17) is 9.84 Å². The van der Waals surface area contributed by atoms with Crippen molar-refractivity contribution < 1.29 is 14.3 Å². The Kier molecular flexibility index (Phi) is 6.18. The number of thiophene rings is 1. The average Bonchev–Trinajstić information content (AvgIpc) is 3.53. The molecular formula is C25H23N3O3S. The Morgan fingerprint density at radius 1 is 1.12 bits per heavy atom. The highest BCUT2D eigenvalue weighted by Gasteiger charge is 2.16. The summed E-state index contributed by atoms with van der Waals surface area (Å²) in [6.07, 6.45) is 4.88. The molecule has 0 N–H and O–H groups in total. The molecule has 1 aromatic carbocycles. The first-order valence-electron chi connectivity index (χ1n) is 10.1. The van der Waals surface area contributed by atoms with E-state index in [2.05, 4.69) is 0 Å². The average molecular weight is 446 g/mol. The van der Waals surface area contributed by atoms with Crippen LogP contribution in [0.15, 0.2) is 66.2 Å². The Morgan fingerprint density at radius 3 is 2.56 bits per heavy atom. The third kappa shape index (κ3) is 4.48. The number of rotatable bonds is 7. The summed E-state index contributed by atoms with van der Waals surface area (Å²) in [5, 5.41) is 6.69. The molecule has 0 aliphatic carbocycles. The summed E-state index contributed by atoms with van der Waals surface area (Å²) in [7, 11) is 1.90. The summed E-state index contributed by atoms with van der Waals surface area (Å²) in [4.78, 5) is 25.7. The number of carbonyl (C=O) groups is 2. The van der Waals surface area contributed by atoms with Crippen LogP contribution in [0, 0.1) is 13.8 Å². The second-order valence-corrected chi connectivity index (χ2v) is 8.35. The van der Waals surface area contributed by atoms with Gasteiger partial charge in [-0.1, -0.05) is 24.3 Å². The minimum atomic E-state index is -0.576. The molecule has 0 bridgehead atoms. The molecule has 4 aromatic rings. The van der Waals surface area contributed by atoms with Gasteiger partial charge in [-0.2, -0.15) is 5.10 Å². The van der Waals surface area contributed by atoms with Crippen LogP contribution in [0.4, 0.5) is 0 Å². The fourth-order valence-corrected chi connectivity index (χ4v) is 4.12. The van der Waals surface area contributed by atoms with Gasteiger partial charge in [0.2, 0.25) is 5.78 Å². The molecule has 0 fully saturated rings. The highest BCUT2D eigenvalue weighted by atomic mass is 32.1. The molecule has 0 aliphatic heterocycles. The molecule has 0 unspecified atom stereocenters. The second kappa shape index (κ2) is 9.20. The summed E-state index contributed by atoms with van der Waals surface area (Å²) < 4.78 is 8.91. The van der Waals surface area contributed by atoms with E-state index < -0.39 is 5.97 Å². The molecule has 7 heteroatoms. The third-order valence-corrected chi connectivity index (χ3v) is 6.21. The summed E-state index contributed by atoms with van der Waals surface area (Å²) in [6.45, 7) is 3.51. The van der Waals surface area contributed by atoms with E-state index >= 15 is 0 Å². The third-order valence-electron chi connectivity index (χ3n) is 5.34. The molecule has 0 amide bonds. The molecule has 6 nitrogen and oxygen atoms in total. The van der Waals surface area contributed by atoms with Crippen LogP contribution in [-0.2, 0) is 16.6 Å². The first-order chi connectivity index (χ1) is 15.4. The van der Waals surface area contributed by atoms with Gasteiger partial charge < -0.3 is 9.30 Å². The first kappa shape index (κ1) is 21.5. The molecule has 0 atom stereocenters. The van der Waals surface area contributed by atoms with Crippen LogP contribution in [0.25, 0.3) is 22.3 Å². The van der Waals surface area contributed by atoms with E-state index in [9.17, 15) is 9.59 Å². The Labute approximate surface area is 190 Å². The van der Waals surface area contributed by atoms with Crippen LogP contribution in [0.3, 0.4) is 0 Å². The van der Waals surface area contributed by atoms with Crippen molar-refractivity contribution in [2.75, 3.05) is 6.61 Å². The number of carbonyl (C=O) groups excluding carboxylic acids is 2. The predicted octanol–water partition coefficient (Wildman–Crippen LogP) is 5.00. The van der Waals surface area contributed by atoms with Crippen LogP contribution in [0.2, 0.25) is 0 Å². The highest BCUT2D eigenvalue weighted by Crippen LogP contribution is 2.28. The van der Waals surface area contributed by atoms with Crippen LogP contribution in [-0.4, -0.2) is 32.7 Å². The van der Waals surface area contributed by atoms with E-state index in [0.29, 0.717) is 5.56 Å². The number of Topliss-reactive ketones (excluding diaryl/α,β-unsaturated/α-hetero) is 1. The van der Waals surface area contributed by atoms with E-state index in [1.165, 1.54) is 6.08 Å². The van der Waals surface area contributed by atoms with Crippen LogP contribution in [0.5, 0.6) is 0 Å². The van der Waals surface area contributed by atoms with Crippen molar-refractivity contribution in [1.29, 1.82) is 0 Å². The molecule has 0 saturated heterocycles. The maximum Gasteiger partial charge on any atom is 0.331 e. The molecule has 162 valence electrons. The predicted molar refractivity (Wildman–Crippen MR) is 126 cm³/mol. The molecule has 3 heterocycles. The van der Waals surface area contributed by atoms with Gasteiger partial charge in [-0.3, -0.25) is 4.79 Å².